The summed E-state index contributed by atoms with van der Waals surface area (Å²) in [5.41, 5.74) is 10.2. The summed E-state index contributed by atoms with van der Waals surface area (Å²) in [7, 11) is 0. The molecule has 160 valence electrons. The second kappa shape index (κ2) is 10.9. The van der Waals surface area contributed by atoms with Crippen LogP contribution in [0.3, 0.4) is 0 Å². The van der Waals surface area contributed by atoms with E-state index in [0.29, 0.717) is 18.6 Å². The summed E-state index contributed by atoms with van der Waals surface area (Å²) in [6.07, 6.45) is 4.98. The lowest BCUT2D eigenvalue weighted by Gasteiger charge is -2.17. The normalized spacial score (nSPS) is 11.5. The number of nitrogen functional groups attached to an aromatic ring is 1. The van der Waals surface area contributed by atoms with E-state index in [4.69, 9.17) is 15.9 Å². The molecule has 0 aliphatic heterocycles. The molecule has 31 heavy (non-hydrogen) atoms. The minimum Gasteiger partial charge on any atom is -0.466 e. The fraction of sp³-hybridized carbons (Fsp3) is 0.240. The predicted molar refractivity (Wildman–Crippen MR) is 124 cm³/mol. The maximum absolute atomic E-state index is 12.7. The van der Waals surface area contributed by atoms with E-state index < -0.39 is 0 Å². The van der Waals surface area contributed by atoms with Crippen molar-refractivity contribution in [1.82, 2.24) is 4.98 Å². The minimum atomic E-state index is -0.338. The van der Waals surface area contributed by atoms with E-state index in [1.165, 1.54) is 0 Å². The van der Waals surface area contributed by atoms with Crippen LogP contribution in [0.15, 0.2) is 73.1 Å². The van der Waals surface area contributed by atoms with Gasteiger partial charge in [-0.15, -0.1) is 0 Å². The number of carbonyl (C=O) groups is 1. The van der Waals surface area contributed by atoms with Crippen LogP contribution in [0.5, 0.6) is 0 Å². The SMILES string of the molecule is CCOC(=O)C(CCCNc1ccncc1)c1cccc(-c2cccc(C(=N)N)c2)c1. The number of carbonyl (C=O) groups excluding carboxylic acids is 1. The van der Waals surface area contributed by atoms with Crippen molar-refractivity contribution in [3.05, 3.63) is 84.2 Å². The van der Waals surface area contributed by atoms with E-state index in [-0.39, 0.29) is 17.7 Å². The lowest BCUT2D eigenvalue weighted by molar-refractivity contribution is -0.145. The van der Waals surface area contributed by atoms with Crippen LogP contribution in [-0.2, 0) is 9.53 Å². The van der Waals surface area contributed by atoms with Crippen LogP contribution in [0.4, 0.5) is 5.69 Å². The van der Waals surface area contributed by atoms with Crippen molar-refractivity contribution in [2.75, 3.05) is 18.5 Å². The number of benzene rings is 2. The quantitative estimate of drug-likeness (QED) is 0.194. The van der Waals surface area contributed by atoms with Crippen molar-refractivity contribution in [2.45, 2.75) is 25.7 Å². The van der Waals surface area contributed by atoms with Crippen molar-refractivity contribution in [3.8, 4) is 11.1 Å². The monoisotopic (exact) mass is 416 g/mol. The molecule has 3 rings (SSSR count). The number of ether oxygens (including phenoxy) is 1. The lowest BCUT2D eigenvalue weighted by atomic mass is 9.91. The zero-order chi connectivity index (χ0) is 22.1. The van der Waals surface area contributed by atoms with Gasteiger partial charge >= 0.3 is 5.97 Å². The highest BCUT2D eigenvalue weighted by atomic mass is 16.5. The van der Waals surface area contributed by atoms with Gasteiger partial charge in [0, 0.05) is 30.2 Å². The molecule has 4 N–H and O–H groups in total. The third-order valence-electron chi connectivity index (χ3n) is 5.05. The molecule has 1 aromatic heterocycles. The maximum Gasteiger partial charge on any atom is 0.313 e. The van der Waals surface area contributed by atoms with Crippen LogP contribution in [0.2, 0.25) is 0 Å². The van der Waals surface area contributed by atoms with Crippen LogP contribution < -0.4 is 11.1 Å². The van der Waals surface area contributed by atoms with Gasteiger partial charge in [0.05, 0.1) is 12.5 Å². The molecule has 0 bridgehead atoms. The molecule has 3 aromatic rings. The lowest BCUT2D eigenvalue weighted by Crippen LogP contribution is -2.17. The van der Waals surface area contributed by atoms with Gasteiger partial charge in [-0.25, -0.2) is 0 Å². The average molecular weight is 417 g/mol. The van der Waals surface area contributed by atoms with E-state index >= 15 is 0 Å². The Labute approximate surface area is 183 Å². The van der Waals surface area contributed by atoms with Crippen molar-refractivity contribution in [3.63, 3.8) is 0 Å². The van der Waals surface area contributed by atoms with Crippen LogP contribution >= 0.6 is 0 Å². The zero-order valence-corrected chi connectivity index (χ0v) is 17.7. The average Bonchev–Trinajstić information content (AvgIpc) is 2.80. The molecule has 0 amide bonds. The number of anilines is 1. The number of nitrogens with two attached hydrogens (primary N) is 1. The molecule has 0 aliphatic rings. The third kappa shape index (κ3) is 6.15. The largest absolute Gasteiger partial charge is 0.466 e. The standard InChI is InChI=1S/C25H28N4O2/c1-2-31-25(30)23(10-5-13-29-22-11-14-28-15-12-22)20-8-3-6-18(16-20)19-7-4-9-21(17-19)24(26)27/h3-4,6-9,11-12,14-17,23H,2,5,10,13H2,1H3,(H3,26,27)(H,28,29). The van der Waals surface area contributed by atoms with Crippen molar-refractivity contribution in [1.29, 1.82) is 5.41 Å². The van der Waals surface area contributed by atoms with E-state index in [0.717, 1.165) is 35.3 Å². The molecule has 0 aliphatic carbocycles. The van der Waals surface area contributed by atoms with Crippen molar-refractivity contribution < 1.29 is 9.53 Å². The van der Waals surface area contributed by atoms with Gasteiger partial charge in [-0.1, -0.05) is 42.5 Å². The summed E-state index contributed by atoms with van der Waals surface area (Å²) in [5, 5.41) is 11.0. The number of nitrogens with one attached hydrogen (secondary N) is 2. The zero-order valence-electron chi connectivity index (χ0n) is 17.7. The van der Waals surface area contributed by atoms with Crippen LogP contribution in [0, 0.1) is 5.41 Å². The summed E-state index contributed by atoms with van der Waals surface area (Å²) >= 11 is 0. The Balaban J connectivity index is 1.76. The Kier molecular flexibility index (Phi) is 7.76. The van der Waals surface area contributed by atoms with Gasteiger partial charge in [0.2, 0.25) is 0 Å². The Morgan fingerprint density at radius 1 is 1.10 bits per heavy atom. The smallest absolute Gasteiger partial charge is 0.313 e. The maximum atomic E-state index is 12.7. The van der Waals surface area contributed by atoms with Gasteiger partial charge < -0.3 is 15.8 Å². The molecule has 1 atom stereocenters. The number of nitrogens with zero attached hydrogens (tertiary/aromatic N) is 1. The molecule has 0 saturated carbocycles. The van der Waals surface area contributed by atoms with E-state index in [2.05, 4.69) is 10.3 Å². The van der Waals surface area contributed by atoms with Gasteiger partial charge in [0.15, 0.2) is 0 Å². The van der Waals surface area contributed by atoms with Gasteiger partial charge in [-0.05, 0) is 54.7 Å². The van der Waals surface area contributed by atoms with Gasteiger partial charge in [-0.2, -0.15) is 0 Å². The molecule has 0 spiro atoms. The molecule has 0 radical (unpaired) electrons. The van der Waals surface area contributed by atoms with Crippen molar-refractivity contribution >= 4 is 17.5 Å². The molecular weight excluding hydrogens is 388 g/mol. The first-order valence-electron chi connectivity index (χ1n) is 10.4. The third-order valence-corrected chi connectivity index (χ3v) is 5.05. The highest BCUT2D eigenvalue weighted by Crippen LogP contribution is 2.28. The number of pyridine rings is 1. The topological polar surface area (TPSA) is 101 Å². The molecule has 6 heteroatoms. The Morgan fingerprint density at radius 2 is 1.81 bits per heavy atom. The first-order chi connectivity index (χ1) is 15.1. The molecule has 0 fully saturated rings. The Morgan fingerprint density at radius 3 is 2.52 bits per heavy atom. The number of hydrogen-bond acceptors (Lipinski definition) is 5. The predicted octanol–water partition coefficient (Wildman–Crippen LogP) is 4.57. The van der Waals surface area contributed by atoms with Crippen LogP contribution in [0.1, 0.15) is 36.8 Å². The highest BCUT2D eigenvalue weighted by Gasteiger charge is 2.22. The molecule has 6 nitrogen and oxygen atoms in total. The molecular formula is C25H28N4O2. The fourth-order valence-electron chi connectivity index (χ4n) is 3.47. The fourth-order valence-corrected chi connectivity index (χ4v) is 3.47. The summed E-state index contributed by atoms with van der Waals surface area (Å²) in [4.78, 5) is 16.7. The molecule has 0 saturated heterocycles. The summed E-state index contributed by atoms with van der Waals surface area (Å²) in [5.74, 6) is -0.514. The number of rotatable bonds is 10. The summed E-state index contributed by atoms with van der Waals surface area (Å²) in [6.45, 7) is 2.93. The first-order valence-corrected chi connectivity index (χ1v) is 10.4. The Bertz CT molecular complexity index is 1020. The van der Waals surface area contributed by atoms with Crippen LogP contribution in [-0.4, -0.2) is 29.9 Å². The second-order valence-corrected chi connectivity index (χ2v) is 7.23. The highest BCUT2D eigenvalue weighted by molar-refractivity contribution is 5.96. The number of amidine groups is 1. The molecule has 1 unspecified atom stereocenters. The molecule has 1 heterocycles. The number of hydrogen-bond donors (Lipinski definition) is 3. The molecule has 2 aromatic carbocycles. The minimum absolute atomic E-state index is 0.0316. The van der Waals surface area contributed by atoms with Gasteiger partial charge in [0.1, 0.15) is 5.84 Å². The summed E-state index contributed by atoms with van der Waals surface area (Å²) in [6, 6.07) is 19.3. The van der Waals surface area contributed by atoms with E-state index in [1.54, 1.807) is 12.4 Å². The summed E-state index contributed by atoms with van der Waals surface area (Å²) < 4.78 is 5.36. The van der Waals surface area contributed by atoms with Gasteiger partial charge in [0.25, 0.3) is 0 Å². The number of aromatic nitrogens is 1. The van der Waals surface area contributed by atoms with E-state index in [1.807, 2.05) is 67.6 Å². The first kappa shape index (κ1) is 22.0. The van der Waals surface area contributed by atoms with Crippen LogP contribution in [0.25, 0.3) is 11.1 Å². The Hall–Kier alpha value is -3.67. The number of esters is 1. The second-order valence-electron chi connectivity index (χ2n) is 7.23. The van der Waals surface area contributed by atoms with Gasteiger partial charge in [-0.3, -0.25) is 15.2 Å². The van der Waals surface area contributed by atoms with Crippen molar-refractivity contribution in [2.24, 2.45) is 5.73 Å². The van der Waals surface area contributed by atoms with E-state index in [9.17, 15) is 4.79 Å².